The molecule has 2 rings (SSSR count). The van der Waals surface area contributed by atoms with Crippen molar-refractivity contribution in [1.29, 1.82) is 0 Å². The van der Waals surface area contributed by atoms with Crippen molar-refractivity contribution in [2.75, 3.05) is 6.26 Å². The van der Waals surface area contributed by atoms with Crippen molar-refractivity contribution in [1.82, 2.24) is 0 Å². The van der Waals surface area contributed by atoms with Crippen LogP contribution in [0, 0.1) is 5.21 Å². The monoisotopic (exact) mass is 275 g/mol. The summed E-state index contributed by atoms with van der Waals surface area (Å²) in [7, 11) is -3.23. The van der Waals surface area contributed by atoms with Crippen LogP contribution in [0.4, 0.5) is 5.69 Å². The first-order valence-corrected chi connectivity index (χ1v) is 7.52. The summed E-state index contributed by atoms with van der Waals surface area (Å²) in [5.74, 6) is 0. The number of sulfone groups is 1. The molecule has 4 nitrogen and oxygen atoms in total. The highest BCUT2D eigenvalue weighted by molar-refractivity contribution is 7.90. The minimum atomic E-state index is -3.23. The Morgan fingerprint density at radius 3 is 2.11 bits per heavy atom. The highest BCUT2D eigenvalue weighted by Gasteiger charge is 2.08. The summed E-state index contributed by atoms with van der Waals surface area (Å²) in [4.78, 5) is 0.198. The summed E-state index contributed by atoms with van der Waals surface area (Å²) in [6.45, 7) is 0. The van der Waals surface area contributed by atoms with E-state index in [0.29, 0.717) is 10.4 Å². The van der Waals surface area contributed by atoms with E-state index in [9.17, 15) is 13.6 Å². The van der Waals surface area contributed by atoms with Crippen LogP contribution >= 0.6 is 0 Å². The van der Waals surface area contributed by atoms with Crippen molar-refractivity contribution in [2.45, 2.75) is 4.90 Å². The van der Waals surface area contributed by atoms with Gasteiger partial charge in [0.15, 0.2) is 16.1 Å². The lowest BCUT2D eigenvalue weighted by atomic mass is 10.2. The number of rotatable bonds is 3. The van der Waals surface area contributed by atoms with Crippen LogP contribution in [-0.2, 0) is 9.84 Å². The van der Waals surface area contributed by atoms with E-state index in [-0.39, 0.29) is 4.90 Å². The molecule has 0 heterocycles. The van der Waals surface area contributed by atoms with Gasteiger partial charge in [-0.25, -0.2) is 8.42 Å². The molecule has 0 spiro atoms. The summed E-state index contributed by atoms with van der Waals surface area (Å²) in [5, 5.41) is 11.9. The lowest BCUT2D eigenvalue weighted by molar-refractivity contribution is -0.354. The van der Waals surface area contributed by atoms with E-state index in [4.69, 9.17) is 0 Å². The van der Waals surface area contributed by atoms with E-state index in [1.165, 1.54) is 30.5 Å². The van der Waals surface area contributed by atoms with Crippen LogP contribution in [0.5, 0.6) is 0 Å². The van der Waals surface area contributed by atoms with Gasteiger partial charge >= 0.3 is 0 Å². The molecule has 2 aromatic rings. The molecule has 5 heteroatoms. The predicted octanol–water partition coefficient (Wildman–Crippen LogP) is 2.35. The van der Waals surface area contributed by atoms with Gasteiger partial charge in [0.2, 0.25) is 5.69 Å². The summed E-state index contributed by atoms with van der Waals surface area (Å²) in [5.41, 5.74) is 1.17. The Bertz CT molecular complexity index is 689. The maximum absolute atomic E-state index is 11.9. The van der Waals surface area contributed by atoms with E-state index in [1.54, 1.807) is 0 Å². The Balaban J connectivity index is 2.30. The molecule has 0 unspecified atom stereocenters. The third-order valence-corrected chi connectivity index (χ3v) is 3.71. The van der Waals surface area contributed by atoms with Crippen molar-refractivity contribution in [3.8, 4) is 0 Å². The van der Waals surface area contributed by atoms with Crippen molar-refractivity contribution in [3.63, 3.8) is 0 Å². The van der Waals surface area contributed by atoms with E-state index >= 15 is 0 Å². The van der Waals surface area contributed by atoms with Gasteiger partial charge in [-0.2, -0.15) is 4.74 Å². The third kappa shape index (κ3) is 3.42. The molecule has 2 aromatic carbocycles. The van der Waals surface area contributed by atoms with Gasteiger partial charge < -0.3 is 5.21 Å². The first-order chi connectivity index (χ1) is 8.97. The van der Waals surface area contributed by atoms with Crippen LogP contribution in [0.25, 0.3) is 0 Å². The number of benzene rings is 2. The average molecular weight is 275 g/mol. The van der Waals surface area contributed by atoms with Gasteiger partial charge in [-0.15, -0.1) is 0 Å². The fraction of sp³-hybridized carbons (Fsp3) is 0.0714. The van der Waals surface area contributed by atoms with Gasteiger partial charge in [0.1, 0.15) is 0 Å². The molecule has 98 valence electrons. The molecule has 0 aliphatic rings. The molecule has 0 saturated carbocycles. The second kappa shape index (κ2) is 5.24. The third-order valence-electron chi connectivity index (χ3n) is 2.59. The molecule has 0 aliphatic heterocycles. The van der Waals surface area contributed by atoms with E-state index < -0.39 is 9.84 Å². The van der Waals surface area contributed by atoms with Crippen molar-refractivity contribution in [2.24, 2.45) is 0 Å². The van der Waals surface area contributed by atoms with Crippen molar-refractivity contribution in [3.05, 3.63) is 65.4 Å². The first kappa shape index (κ1) is 13.3. The summed E-state index contributed by atoms with van der Waals surface area (Å²) >= 11 is 0. The summed E-state index contributed by atoms with van der Waals surface area (Å²) in [6, 6.07) is 15.0. The van der Waals surface area contributed by atoms with Crippen LogP contribution in [0.3, 0.4) is 0 Å². The second-order valence-corrected chi connectivity index (χ2v) is 6.15. The van der Waals surface area contributed by atoms with E-state index in [1.807, 2.05) is 30.3 Å². The molecule has 0 N–H and O–H groups in total. The molecule has 0 amide bonds. The average Bonchev–Trinajstić information content (AvgIpc) is 2.39. The van der Waals surface area contributed by atoms with Gasteiger partial charge in [0.25, 0.3) is 0 Å². The van der Waals surface area contributed by atoms with Gasteiger partial charge in [-0.05, 0) is 24.3 Å². The summed E-state index contributed by atoms with van der Waals surface area (Å²) < 4.78 is 23.3. The van der Waals surface area contributed by atoms with Crippen LogP contribution in [0.2, 0.25) is 0 Å². The lowest BCUT2D eigenvalue weighted by Gasteiger charge is -2.04. The smallest absolute Gasteiger partial charge is 0.216 e. The Kier molecular flexibility index (Phi) is 3.66. The van der Waals surface area contributed by atoms with Crippen LogP contribution in [0.15, 0.2) is 59.5 Å². The van der Waals surface area contributed by atoms with Gasteiger partial charge in [0.05, 0.1) is 4.90 Å². The zero-order valence-electron chi connectivity index (χ0n) is 10.4. The predicted molar refractivity (Wildman–Crippen MR) is 74.4 cm³/mol. The Morgan fingerprint density at radius 1 is 1.00 bits per heavy atom. The minimum absolute atomic E-state index is 0.198. The fourth-order valence-electron chi connectivity index (χ4n) is 1.59. The molecule has 0 bridgehead atoms. The molecule has 0 aromatic heterocycles. The Labute approximate surface area is 112 Å². The largest absolute Gasteiger partial charge is 0.618 e. The molecule has 0 saturated heterocycles. The molecule has 0 atom stereocenters. The zero-order chi connectivity index (χ0) is 13.9. The second-order valence-electron chi connectivity index (χ2n) is 4.13. The normalized spacial score (nSPS) is 12.4. The Hall–Kier alpha value is -2.14. The van der Waals surface area contributed by atoms with Crippen LogP contribution in [-0.4, -0.2) is 25.6 Å². The lowest BCUT2D eigenvalue weighted by Crippen LogP contribution is -2.00. The molecule has 19 heavy (non-hydrogen) atoms. The highest BCUT2D eigenvalue weighted by Crippen LogP contribution is 2.15. The topological polar surface area (TPSA) is 60.2 Å². The maximum atomic E-state index is 11.9. The molecule has 0 radical (unpaired) electrons. The van der Waals surface area contributed by atoms with Gasteiger partial charge in [-0.1, -0.05) is 18.2 Å². The van der Waals surface area contributed by atoms with E-state index in [0.717, 1.165) is 11.8 Å². The summed E-state index contributed by atoms with van der Waals surface area (Å²) in [6.07, 6.45) is 2.57. The van der Waals surface area contributed by atoms with Crippen LogP contribution < -0.4 is 0 Å². The van der Waals surface area contributed by atoms with Crippen LogP contribution in [0.1, 0.15) is 5.56 Å². The molecule has 0 aliphatic carbocycles. The molecular formula is C14H13NO3S. The quantitative estimate of drug-likeness (QED) is 0.374. The van der Waals surface area contributed by atoms with Gasteiger partial charge in [0, 0.05) is 24.0 Å². The Morgan fingerprint density at radius 2 is 1.58 bits per heavy atom. The number of nitrogens with zero attached hydrogens (tertiary/aromatic N) is 1. The van der Waals surface area contributed by atoms with Crippen molar-refractivity contribution >= 4 is 21.7 Å². The van der Waals surface area contributed by atoms with E-state index in [2.05, 4.69) is 0 Å². The highest BCUT2D eigenvalue weighted by atomic mass is 32.2. The minimum Gasteiger partial charge on any atom is -0.618 e. The number of hydrogen-bond acceptors (Lipinski definition) is 3. The molecule has 0 fully saturated rings. The zero-order valence-corrected chi connectivity index (χ0v) is 11.2. The van der Waals surface area contributed by atoms with Gasteiger partial charge in [-0.3, -0.25) is 0 Å². The first-order valence-electron chi connectivity index (χ1n) is 5.63. The molecular weight excluding hydrogens is 262 g/mol. The fourth-order valence-corrected chi connectivity index (χ4v) is 2.22. The SMILES string of the molecule is CS(=O)(=O)c1ccc([N+]([O-])=Cc2ccccc2)cc1. The number of hydrogen-bond donors (Lipinski definition) is 0. The standard InChI is InChI=1S/C14H13NO3S/c1-19(17,18)14-9-7-13(8-10-14)15(16)11-12-5-3-2-4-6-12/h2-11H,1H3. The van der Waals surface area contributed by atoms with Crippen molar-refractivity contribution < 1.29 is 13.2 Å². The maximum Gasteiger partial charge on any atom is 0.216 e.